The maximum Gasteiger partial charge on any atom is 0.201 e. The smallest absolute Gasteiger partial charge is 0.201 e. The zero-order valence-corrected chi connectivity index (χ0v) is 6.04. The molecule has 0 spiro atoms. The minimum Gasteiger partial charge on any atom is -0.288 e. The van der Waals surface area contributed by atoms with Gasteiger partial charge in [0.25, 0.3) is 0 Å². The van der Waals surface area contributed by atoms with Crippen LogP contribution in [0.5, 0.6) is 0 Å². The molecule has 0 N–H and O–H groups in total. The van der Waals surface area contributed by atoms with Crippen LogP contribution in [0.25, 0.3) is 0 Å². The highest BCUT2D eigenvalue weighted by atomic mass is 35.5. The van der Waals surface area contributed by atoms with Gasteiger partial charge in [-0.15, -0.1) is 12.4 Å². The van der Waals surface area contributed by atoms with Gasteiger partial charge in [0.15, 0.2) is 0 Å². The summed E-state index contributed by atoms with van der Waals surface area (Å²) in [6.45, 7) is 0. The standard InChI is InChI=1S/C7H2F2O.ClH/c8-4-2-1-3-6(9)5(4)7(3)10;/h1-2H;1H. The van der Waals surface area contributed by atoms with Gasteiger partial charge >= 0.3 is 0 Å². The zero-order valence-electron chi connectivity index (χ0n) is 5.23. The van der Waals surface area contributed by atoms with E-state index in [1.165, 1.54) is 0 Å². The summed E-state index contributed by atoms with van der Waals surface area (Å²) in [4.78, 5) is 10.6. The lowest BCUT2D eigenvalue weighted by atomic mass is 9.90. The van der Waals surface area contributed by atoms with Gasteiger partial charge in [0.2, 0.25) is 5.78 Å². The van der Waals surface area contributed by atoms with E-state index < -0.39 is 23.0 Å². The van der Waals surface area contributed by atoms with E-state index in [1.807, 2.05) is 0 Å². The molecule has 1 aromatic rings. The third kappa shape index (κ3) is 0.775. The Morgan fingerprint density at radius 3 is 2.09 bits per heavy atom. The van der Waals surface area contributed by atoms with Crippen molar-refractivity contribution in [2.45, 2.75) is 0 Å². The molecule has 0 aliphatic heterocycles. The molecule has 58 valence electrons. The van der Waals surface area contributed by atoms with E-state index in [0.717, 1.165) is 12.1 Å². The summed E-state index contributed by atoms with van der Waals surface area (Å²) in [6, 6.07) is 2.25. The highest BCUT2D eigenvalue weighted by molar-refractivity contribution is 6.16. The molecule has 0 unspecified atom stereocenters. The summed E-state index contributed by atoms with van der Waals surface area (Å²) < 4.78 is 24.9. The molecule has 0 saturated heterocycles. The Kier molecular flexibility index (Phi) is 1.68. The first-order valence-electron chi connectivity index (χ1n) is 2.74. The molecule has 2 aliphatic rings. The Labute approximate surface area is 67.4 Å². The molecule has 4 heteroatoms. The quantitative estimate of drug-likeness (QED) is 0.600. The zero-order chi connectivity index (χ0) is 7.30. The molecule has 0 radical (unpaired) electrons. The van der Waals surface area contributed by atoms with E-state index in [-0.39, 0.29) is 18.0 Å². The van der Waals surface area contributed by atoms with E-state index in [0.29, 0.717) is 0 Å². The third-order valence-corrected chi connectivity index (χ3v) is 1.56. The summed E-state index contributed by atoms with van der Waals surface area (Å²) in [5.74, 6) is -1.99. The number of carbonyl (C=O) groups excluding carboxylic acids is 1. The molecule has 11 heavy (non-hydrogen) atoms. The van der Waals surface area contributed by atoms with Crippen LogP contribution in [0.2, 0.25) is 0 Å². The maximum absolute atomic E-state index is 12.4. The van der Waals surface area contributed by atoms with Crippen LogP contribution in [0.1, 0.15) is 15.9 Å². The van der Waals surface area contributed by atoms with E-state index in [4.69, 9.17) is 0 Å². The summed E-state index contributed by atoms with van der Waals surface area (Å²) in [5.41, 5.74) is -0.395. The fraction of sp³-hybridized carbons (Fsp3) is 0. The molecule has 0 aromatic heterocycles. The van der Waals surface area contributed by atoms with Crippen molar-refractivity contribution in [3.05, 3.63) is 34.9 Å². The SMILES string of the molecule is Cl.O=C1c2ccc(F)c1c2F. The van der Waals surface area contributed by atoms with E-state index in [1.54, 1.807) is 0 Å². The van der Waals surface area contributed by atoms with Gasteiger partial charge in [-0.3, -0.25) is 4.79 Å². The van der Waals surface area contributed by atoms with Crippen LogP contribution in [0.3, 0.4) is 0 Å². The van der Waals surface area contributed by atoms with Crippen LogP contribution in [-0.4, -0.2) is 5.78 Å². The number of fused-ring (bicyclic) bond motifs is 2. The molecule has 0 fully saturated rings. The number of carbonyl (C=O) groups is 1. The van der Waals surface area contributed by atoms with Crippen molar-refractivity contribution in [3.63, 3.8) is 0 Å². The van der Waals surface area contributed by atoms with Crippen molar-refractivity contribution >= 4 is 18.2 Å². The number of benzene rings is 1. The van der Waals surface area contributed by atoms with Crippen LogP contribution in [0.15, 0.2) is 12.1 Å². The second-order valence-electron chi connectivity index (χ2n) is 2.11. The number of rotatable bonds is 0. The minimum absolute atomic E-state index is 0. The molecule has 0 amide bonds. The first kappa shape index (κ1) is 8.14. The lowest BCUT2D eigenvalue weighted by Crippen LogP contribution is -2.21. The summed E-state index contributed by atoms with van der Waals surface area (Å²) in [7, 11) is 0. The minimum atomic E-state index is -0.766. The van der Waals surface area contributed by atoms with E-state index >= 15 is 0 Å². The average molecular weight is 177 g/mol. The lowest BCUT2D eigenvalue weighted by Gasteiger charge is -2.15. The van der Waals surface area contributed by atoms with Crippen molar-refractivity contribution in [1.29, 1.82) is 0 Å². The lowest BCUT2D eigenvalue weighted by molar-refractivity contribution is 0.0999. The number of ketones is 1. The molecule has 1 nitrogen and oxygen atoms in total. The average Bonchev–Trinajstić information content (AvgIpc) is 1.88. The fourth-order valence-corrected chi connectivity index (χ4v) is 1.01. The fourth-order valence-electron chi connectivity index (χ4n) is 1.01. The number of hydrogen-bond acceptors (Lipinski definition) is 1. The predicted octanol–water partition coefficient (Wildman–Crippen LogP) is 1.93. The molecule has 0 heterocycles. The molecule has 2 bridgehead atoms. The van der Waals surface area contributed by atoms with Crippen LogP contribution in [0.4, 0.5) is 8.78 Å². The Balaban J connectivity index is 0.000000605. The van der Waals surface area contributed by atoms with Gasteiger partial charge in [-0.1, -0.05) is 0 Å². The molecular formula is C7H3ClF2O. The summed E-state index contributed by atoms with van der Waals surface area (Å²) in [6.07, 6.45) is 0. The molecule has 3 rings (SSSR count). The van der Waals surface area contributed by atoms with Crippen LogP contribution in [0, 0.1) is 11.6 Å². The maximum atomic E-state index is 12.4. The highest BCUT2D eigenvalue weighted by Crippen LogP contribution is 2.29. The van der Waals surface area contributed by atoms with Crippen molar-refractivity contribution < 1.29 is 13.6 Å². The second kappa shape index (κ2) is 2.27. The van der Waals surface area contributed by atoms with Gasteiger partial charge in [0.05, 0.1) is 11.1 Å². The van der Waals surface area contributed by atoms with Crippen LogP contribution in [-0.2, 0) is 0 Å². The van der Waals surface area contributed by atoms with Crippen molar-refractivity contribution in [3.8, 4) is 0 Å². The molecule has 0 atom stereocenters. The Morgan fingerprint density at radius 2 is 1.82 bits per heavy atom. The normalized spacial score (nSPS) is 12.0. The first-order valence-corrected chi connectivity index (χ1v) is 2.74. The van der Waals surface area contributed by atoms with Gasteiger partial charge in [0, 0.05) is 0 Å². The van der Waals surface area contributed by atoms with Crippen molar-refractivity contribution in [1.82, 2.24) is 0 Å². The van der Waals surface area contributed by atoms with E-state index in [2.05, 4.69) is 0 Å². The van der Waals surface area contributed by atoms with E-state index in [9.17, 15) is 13.6 Å². The largest absolute Gasteiger partial charge is 0.288 e. The van der Waals surface area contributed by atoms with Gasteiger partial charge in [0.1, 0.15) is 11.6 Å². The Morgan fingerprint density at radius 1 is 1.18 bits per heavy atom. The molecule has 2 aliphatic carbocycles. The second-order valence-corrected chi connectivity index (χ2v) is 2.11. The monoisotopic (exact) mass is 176 g/mol. The highest BCUT2D eigenvalue weighted by Gasteiger charge is 2.33. The van der Waals surface area contributed by atoms with Gasteiger partial charge in [-0.05, 0) is 12.1 Å². The number of halogens is 3. The van der Waals surface area contributed by atoms with Gasteiger partial charge < -0.3 is 0 Å². The first-order chi connectivity index (χ1) is 4.72. The Bertz CT molecular complexity index is 329. The molecule has 0 saturated carbocycles. The van der Waals surface area contributed by atoms with Gasteiger partial charge in [-0.25, -0.2) is 8.78 Å². The summed E-state index contributed by atoms with van der Waals surface area (Å²) >= 11 is 0. The number of hydrogen-bond donors (Lipinski definition) is 0. The van der Waals surface area contributed by atoms with Crippen molar-refractivity contribution in [2.24, 2.45) is 0 Å². The predicted molar refractivity (Wildman–Crippen MR) is 37.0 cm³/mol. The van der Waals surface area contributed by atoms with Crippen LogP contribution >= 0.6 is 12.4 Å². The van der Waals surface area contributed by atoms with Crippen LogP contribution < -0.4 is 0 Å². The Hall–Kier alpha value is -0.960. The topological polar surface area (TPSA) is 17.1 Å². The van der Waals surface area contributed by atoms with Crippen molar-refractivity contribution in [2.75, 3.05) is 0 Å². The molecular weight excluding hydrogens is 174 g/mol. The molecule has 1 aromatic carbocycles. The van der Waals surface area contributed by atoms with Gasteiger partial charge in [-0.2, -0.15) is 0 Å². The summed E-state index contributed by atoms with van der Waals surface area (Å²) in [5, 5.41) is 0. The third-order valence-electron chi connectivity index (χ3n) is 1.56.